The van der Waals surface area contributed by atoms with Crippen LogP contribution < -0.4 is 15.5 Å². The molecular formula is C18H22N6O2. The lowest BCUT2D eigenvalue weighted by Gasteiger charge is -2.38. The number of anilines is 3. The predicted molar refractivity (Wildman–Crippen MR) is 101 cm³/mol. The number of non-ortho nitro benzene ring substituents is 1. The zero-order chi connectivity index (χ0) is 18.3. The molecule has 0 radical (unpaired) electrons. The molecule has 1 aliphatic heterocycles. The van der Waals surface area contributed by atoms with Gasteiger partial charge in [-0.15, -0.1) is 0 Å². The highest BCUT2D eigenvalue weighted by Gasteiger charge is 2.28. The minimum atomic E-state index is -0.422. The predicted octanol–water partition coefficient (Wildman–Crippen LogP) is 2.34. The van der Waals surface area contributed by atoms with E-state index in [9.17, 15) is 10.1 Å². The molecule has 8 heteroatoms. The topological polar surface area (TPSA) is 101 Å². The van der Waals surface area contributed by atoms with Crippen molar-refractivity contribution in [2.45, 2.75) is 25.7 Å². The first kappa shape index (κ1) is 16.6. The number of nitro groups is 1. The molecule has 8 nitrogen and oxygen atoms in total. The Balaban J connectivity index is 1.50. The number of piperazine rings is 1. The molecule has 26 heavy (non-hydrogen) atoms. The van der Waals surface area contributed by atoms with Gasteiger partial charge in [0, 0.05) is 49.6 Å². The highest BCUT2D eigenvalue weighted by atomic mass is 16.6. The summed E-state index contributed by atoms with van der Waals surface area (Å²) in [5.74, 6) is 1.57. The van der Waals surface area contributed by atoms with E-state index in [0.29, 0.717) is 11.6 Å². The Hall–Kier alpha value is -2.90. The van der Waals surface area contributed by atoms with Crippen molar-refractivity contribution in [2.75, 3.05) is 41.7 Å². The maximum Gasteiger partial charge on any atom is 0.271 e. The first-order chi connectivity index (χ1) is 12.5. The van der Waals surface area contributed by atoms with Gasteiger partial charge in [-0.2, -0.15) is 0 Å². The van der Waals surface area contributed by atoms with Crippen LogP contribution in [0.2, 0.25) is 0 Å². The van der Waals surface area contributed by atoms with Gasteiger partial charge in [0.2, 0.25) is 0 Å². The van der Waals surface area contributed by atoms with Gasteiger partial charge in [-0.05, 0) is 24.8 Å². The van der Waals surface area contributed by atoms with Crippen LogP contribution in [0.4, 0.5) is 22.9 Å². The number of nitro benzene ring substituents is 1. The van der Waals surface area contributed by atoms with Gasteiger partial charge in [0.25, 0.3) is 5.69 Å². The Bertz CT molecular complexity index is 848. The lowest BCUT2D eigenvalue weighted by Crippen LogP contribution is -2.47. The van der Waals surface area contributed by atoms with Crippen LogP contribution in [0.15, 0.2) is 24.5 Å². The van der Waals surface area contributed by atoms with Crippen LogP contribution in [0.3, 0.4) is 0 Å². The third-order valence-electron chi connectivity index (χ3n) is 5.39. The van der Waals surface area contributed by atoms with Crippen LogP contribution in [0.25, 0.3) is 0 Å². The SMILES string of the molecule is C[C@@H]1CCc2ncnc(N3CCN(c4ccc([N+](=O)[O-])cc4N)CC3)c21. The number of aromatic nitrogens is 2. The van der Waals surface area contributed by atoms with Gasteiger partial charge in [0.1, 0.15) is 12.1 Å². The van der Waals surface area contributed by atoms with Crippen LogP contribution in [0.5, 0.6) is 0 Å². The van der Waals surface area contributed by atoms with Gasteiger partial charge in [0.05, 0.1) is 16.3 Å². The number of aryl methyl sites for hydroxylation is 1. The lowest BCUT2D eigenvalue weighted by atomic mass is 10.1. The summed E-state index contributed by atoms with van der Waals surface area (Å²) in [6.45, 7) is 5.52. The zero-order valence-corrected chi connectivity index (χ0v) is 14.8. The second-order valence-electron chi connectivity index (χ2n) is 6.97. The summed E-state index contributed by atoms with van der Waals surface area (Å²) in [5, 5.41) is 10.9. The van der Waals surface area contributed by atoms with Crippen LogP contribution >= 0.6 is 0 Å². The van der Waals surface area contributed by atoms with Gasteiger partial charge < -0.3 is 15.5 Å². The second kappa shape index (κ2) is 6.44. The summed E-state index contributed by atoms with van der Waals surface area (Å²) in [6, 6.07) is 4.69. The van der Waals surface area contributed by atoms with E-state index in [4.69, 9.17) is 5.73 Å². The summed E-state index contributed by atoms with van der Waals surface area (Å²) < 4.78 is 0. The fraction of sp³-hybridized carbons (Fsp3) is 0.444. The fourth-order valence-corrected chi connectivity index (χ4v) is 3.98. The summed E-state index contributed by atoms with van der Waals surface area (Å²) in [7, 11) is 0. The summed E-state index contributed by atoms with van der Waals surface area (Å²) in [5.41, 5.74) is 9.86. The Morgan fingerprint density at radius 2 is 1.92 bits per heavy atom. The van der Waals surface area contributed by atoms with E-state index < -0.39 is 4.92 Å². The molecule has 1 aromatic carbocycles. The van der Waals surface area contributed by atoms with Gasteiger partial charge in [-0.1, -0.05) is 6.92 Å². The van der Waals surface area contributed by atoms with Crippen molar-refractivity contribution < 1.29 is 4.92 Å². The Labute approximate surface area is 151 Å². The third kappa shape index (κ3) is 2.81. The molecule has 0 amide bonds. The minimum absolute atomic E-state index is 0.0235. The lowest BCUT2D eigenvalue weighted by molar-refractivity contribution is -0.384. The smallest absolute Gasteiger partial charge is 0.271 e. The molecule has 4 rings (SSSR count). The molecule has 0 saturated carbocycles. The highest BCUT2D eigenvalue weighted by Crippen LogP contribution is 2.37. The first-order valence-electron chi connectivity index (χ1n) is 8.92. The van der Waals surface area contributed by atoms with Crippen molar-refractivity contribution in [3.8, 4) is 0 Å². The number of nitrogen functional groups attached to an aromatic ring is 1. The second-order valence-corrected chi connectivity index (χ2v) is 6.97. The molecule has 1 atom stereocenters. The molecule has 1 aliphatic carbocycles. The standard InChI is InChI=1S/C18H22N6O2/c1-12-2-4-15-17(12)18(21-11-20-15)23-8-6-22(7-9-23)16-5-3-13(24(25)26)10-14(16)19/h3,5,10-12H,2,4,6-9,19H2,1H3/t12-/m1/s1. The number of nitrogens with two attached hydrogens (primary N) is 1. The van der Waals surface area contributed by atoms with Gasteiger partial charge in [-0.25, -0.2) is 9.97 Å². The molecule has 1 fully saturated rings. The third-order valence-corrected chi connectivity index (χ3v) is 5.39. The molecule has 0 spiro atoms. The molecule has 2 aliphatic rings. The normalized spacial score (nSPS) is 19.5. The number of hydrogen-bond acceptors (Lipinski definition) is 7. The number of rotatable bonds is 3. The quantitative estimate of drug-likeness (QED) is 0.513. The monoisotopic (exact) mass is 354 g/mol. The van der Waals surface area contributed by atoms with Crippen LogP contribution in [-0.2, 0) is 6.42 Å². The van der Waals surface area contributed by atoms with Crippen molar-refractivity contribution in [1.29, 1.82) is 0 Å². The molecular weight excluding hydrogens is 332 g/mol. The largest absolute Gasteiger partial charge is 0.397 e. The van der Waals surface area contributed by atoms with E-state index in [2.05, 4.69) is 26.7 Å². The maximum atomic E-state index is 10.9. The van der Waals surface area contributed by atoms with E-state index >= 15 is 0 Å². The van der Waals surface area contributed by atoms with E-state index in [1.165, 1.54) is 23.4 Å². The average Bonchev–Trinajstić information content (AvgIpc) is 3.03. The summed E-state index contributed by atoms with van der Waals surface area (Å²) >= 11 is 0. The van der Waals surface area contributed by atoms with Gasteiger partial charge in [-0.3, -0.25) is 10.1 Å². The van der Waals surface area contributed by atoms with E-state index in [1.54, 1.807) is 12.4 Å². The number of benzene rings is 1. The van der Waals surface area contributed by atoms with E-state index in [-0.39, 0.29) is 5.69 Å². The van der Waals surface area contributed by atoms with Crippen molar-refractivity contribution >= 4 is 22.9 Å². The molecule has 2 N–H and O–H groups in total. The van der Waals surface area contributed by atoms with Crippen molar-refractivity contribution in [3.63, 3.8) is 0 Å². The van der Waals surface area contributed by atoms with E-state index in [1.807, 2.05) is 0 Å². The molecule has 0 unspecified atom stereocenters. The van der Waals surface area contributed by atoms with Crippen LogP contribution in [0.1, 0.15) is 30.5 Å². The average molecular weight is 354 g/mol. The Morgan fingerprint density at radius 1 is 1.19 bits per heavy atom. The van der Waals surface area contributed by atoms with Crippen LogP contribution in [0, 0.1) is 10.1 Å². The fourth-order valence-electron chi connectivity index (χ4n) is 3.98. The minimum Gasteiger partial charge on any atom is -0.397 e. The zero-order valence-electron chi connectivity index (χ0n) is 14.8. The molecule has 1 saturated heterocycles. The van der Waals surface area contributed by atoms with Gasteiger partial charge >= 0.3 is 0 Å². The highest BCUT2D eigenvalue weighted by molar-refractivity contribution is 5.71. The van der Waals surface area contributed by atoms with Crippen molar-refractivity contribution in [3.05, 3.63) is 45.9 Å². The molecule has 1 aromatic heterocycles. The number of nitrogens with zero attached hydrogens (tertiary/aromatic N) is 5. The first-order valence-corrected chi connectivity index (χ1v) is 8.92. The van der Waals surface area contributed by atoms with Crippen molar-refractivity contribution in [1.82, 2.24) is 9.97 Å². The Kier molecular flexibility index (Phi) is 4.10. The van der Waals surface area contributed by atoms with E-state index in [0.717, 1.165) is 50.5 Å². The molecule has 2 heterocycles. The molecule has 0 bridgehead atoms. The van der Waals surface area contributed by atoms with Crippen LogP contribution in [-0.4, -0.2) is 41.1 Å². The Morgan fingerprint density at radius 3 is 2.62 bits per heavy atom. The molecule has 136 valence electrons. The summed E-state index contributed by atoms with van der Waals surface area (Å²) in [4.78, 5) is 24.0. The van der Waals surface area contributed by atoms with Crippen molar-refractivity contribution in [2.24, 2.45) is 0 Å². The van der Waals surface area contributed by atoms with Gasteiger partial charge in [0.15, 0.2) is 0 Å². The molecule has 2 aromatic rings. The maximum absolute atomic E-state index is 10.9. The number of fused-ring (bicyclic) bond motifs is 1. The number of hydrogen-bond donors (Lipinski definition) is 1. The summed E-state index contributed by atoms with van der Waals surface area (Å²) in [6.07, 6.45) is 3.85.